The van der Waals surface area contributed by atoms with E-state index >= 15 is 0 Å². The summed E-state index contributed by atoms with van der Waals surface area (Å²) in [6, 6.07) is 6.06. The van der Waals surface area contributed by atoms with E-state index in [0.29, 0.717) is 11.4 Å². The SMILES string of the molecule is COCC(C)n1c(=S)[nH]c2ccc(OC)cc21. The fourth-order valence-corrected chi connectivity index (χ4v) is 2.37. The predicted octanol–water partition coefficient (Wildman–Crippen LogP) is 2.91. The monoisotopic (exact) mass is 252 g/mol. The summed E-state index contributed by atoms with van der Waals surface area (Å²) in [5.41, 5.74) is 2.05. The summed E-state index contributed by atoms with van der Waals surface area (Å²) in [6.07, 6.45) is 0. The molecular formula is C12H16N2O2S. The van der Waals surface area contributed by atoms with Gasteiger partial charge in [0.15, 0.2) is 4.77 Å². The number of H-pyrrole nitrogens is 1. The van der Waals surface area contributed by atoms with Crippen LogP contribution in [-0.4, -0.2) is 30.4 Å². The highest BCUT2D eigenvalue weighted by Crippen LogP contribution is 2.23. The number of nitrogens with zero attached hydrogens (tertiary/aromatic N) is 1. The molecule has 1 aromatic carbocycles. The number of rotatable bonds is 4. The highest BCUT2D eigenvalue weighted by molar-refractivity contribution is 7.71. The van der Waals surface area contributed by atoms with E-state index in [4.69, 9.17) is 21.7 Å². The number of hydrogen-bond donors (Lipinski definition) is 1. The molecule has 0 aliphatic carbocycles. The Morgan fingerprint density at radius 3 is 2.82 bits per heavy atom. The minimum Gasteiger partial charge on any atom is -0.497 e. The van der Waals surface area contributed by atoms with Gasteiger partial charge in [-0.25, -0.2) is 0 Å². The zero-order valence-electron chi connectivity index (χ0n) is 10.2. The van der Waals surface area contributed by atoms with Gasteiger partial charge >= 0.3 is 0 Å². The second-order valence-corrected chi connectivity index (χ2v) is 4.37. The molecule has 2 rings (SSSR count). The first-order valence-electron chi connectivity index (χ1n) is 5.44. The van der Waals surface area contributed by atoms with Crippen LogP contribution in [0.2, 0.25) is 0 Å². The van der Waals surface area contributed by atoms with Crippen LogP contribution in [0.1, 0.15) is 13.0 Å². The first kappa shape index (κ1) is 12.1. The lowest BCUT2D eigenvalue weighted by Gasteiger charge is -2.13. The van der Waals surface area contributed by atoms with Gasteiger partial charge in [0.2, 0.25) is 0 Å². The second-order valence-electron chi connectivity index (χ2n) is 3.99. The zero-order chi connectivity index (χ0) is 12.4. The van der Waals surface area contributed by atoms with Crippen molar-refractivity contribution in [1.82, 2.24) is 9.55 Å². The number of ether oxygens (including phenoxy) is 2. The van der Waals surface area contributed by atoms with Crippen LogP contribution in [0, 0.1) is 4.77 Å². The molecule has 0 amide bonds. The minimum atomic E-state index is 0.188. The van der Waals surface area contributed by atoms with Crippen LogP contribution in [0.25, 0.3) is 11.0 Å². The molecule has 2 aromatic rings. The van der Waals surface area contributed by atoms with E-state index in [-0.39, 0.29) is 6.04 Å². The number of fused-ring (bicyclic) bond motifs is 1. The molecular weight excluding hydrogens is 236 g/mol. The summed E-state index contributed by atoms with van der Waals surface area (Å²) in [7, 11) is 3.35. The molecule has 17 heavy (non-hydrogen) atoms. The van der Waals surface area contributed by atoms with Gasteiger partial charge in [0.05, 0.1) is 30.8 Å². The van der Waals surface area contributed by atoms with Crippen molar-refractivity contribution in [2.24, 2.45) is 0 Å². The molecule has 92 valence electrons. The average Bonchev–Trinajstić information content (AvgIpc) is 2.64. The maximum absolute atomic E-state index is 5.33. The van der Waals surface area contributed by atoms with Crippen LogP contribution < -0.4 is 4.74 Å². The first-order chi connectivity index (χ1) is 8.17. The number of nitrogens with one attached hydrogen (secondary N) is 1. The van der Waals surface area contributed by atoms with E-state index in [2.05, 4.69) is 16.5 Å². The van der Waals surface area contributed by atoms with Gasteiger partial charge in [0.25, 0.3) is 0 Å². The molecule has 1 heterocycles. The third-order valence-corrected chi connectivity index (χ3v) is 3.07. The summed E-state index contributed by atoms with van der Waals surface area (Å²) in [5.74, 6) is 0.824. The van der Waals surface area contributed by atoms with Crippen LogP contribution in [-0.2, 0) is 4.74 Å². The Hall–Kier alpha value is -1.33. The zero-order valence-corrected chi connectivity index (χ0v) is 11.0. The molecule has 1 atom stereocenters. The van der Waals surface area contributed by atoms with E-state index in [0.717, 1.165) is 16.8 Å². The van der Waals surface area contributed by atoms with Crippen molar-refractivity contribution >= 4 is 23.3 Å². The molecule has 5 heteroatoms. The van der Waals surface area contributed by atoms with Crippen LogP contribution in [0.3, 0.4) is 0 Å². The van der Waals surface area contributed by atoms with Gasteiger partial charge in [-0.1, -0.05) is 0 Å². The van der Waals surface area contributed by atoms with Crippen molar-refractivity contribution in [1.29, 1.82) is 0 Å². The molecule has 0 saturated carbocycles. The normalized spacial score (nSPS) is 12.9. The smallest absolute Gasteiger partial charge is 0.178 e. The molecule has 0 spiro atoms. The van der Waals surface area contributed by atoms with Gasteiger partial charge in [-0.15, -0.1) is 0 Å². The molecule has 0 aliphatic rings. The Morgan fingerprint density at radius 1 is 1.41 bits per heavy atom. The number of hydrogen-bond acceptors (Lipinski definition) is 3. The second kappa shape index (κ2) is 4.89. The van der Waals surface area contributed by atoms with E-state index in [9.17, 15) is 0 Å². The van der Waals surface area contributed by atoms with Gasteiger partial charge in [-0.05, 0) is 31.3 Å². The molecule has 1 aromatic heterocycles. The van der Waals surface area contributed by atoms with Gasteiger partial charge in [-0.2, -0.15) is 0 Å². The van der Waals surface area contributed by atoms with E-state index in [1.165, 1.54) is 0 Å². The van der Waals surface area contributed by atoms with Gasteiger partial charge in [0, 0.05) is 13.2 Å². The fourth-order valence-electron chi connectivity index (χ4n) is 1.98. The Morgan fingerprint density at radius 2 is 2.18 bits per heavy atom. The molecule has 0 fully saturated rings. The quantitative estimate of drug-likeness (QED) is 0.850. The lowest BCUT2D eigenvalue weighted by molar-refractivity contribution is 0.163. The highest BCUT2D eigenvalue weighted by atomic mass is 32.1. The fraction of sp³-hybridized carbons (Fsp3) is 0.417. The van der Waals surface area contributed by atoms with Crippen molar-refractivity contribution < 1.29 is 9.47 Å². The van der Waals surface area contributed by atoms with E-state index in [1.54, 1.807) is 14.2 Å². The van der Waals surface area contributed by atoms with Gasteiger partial charge < -0.3 is 19.0 Å². The van der Waals surface area contributed by atoms with E-state index < -0.39 is 0 Å². The Labute approximate surface area is 105 Å². The molecule has 0 bridgehead atoms. The maximum atomic E-state index is 5.33. The summed E-state index contributed by atoms with van der Waals surface area (Å²) < 4.78 is 13.2. The van der Waals surface area contributed by atoms with Crippen molar-refractivity contribution in [2.45, 2.75) is 13.0 Å². The number of methoxy groups -OCH3 is 2. The third-order valence-electron chi connectivity index (χ3n) is 2.77. The lowest BCUT2D eigenvalue weighted by Crippen LogP contribution is -2.10. The average molecular weight is 252 g/mol. The van der Waals surface area contributed by atoms with Gasteiger partial charge in [0.1, 0.15) is 5.75 Å². The number of aromatic nitrogens is 2. The molecule has 4 nitrogen and oxygen atoms in total. The van der Waals surface area contributed by atoms with E-state index in [1.807, 2.05) is 18.2 Å². The predicted molar refractivity (Wildman–Crippen MR) is 70.3 cm³/mol. The Bertz CT molecular complexity index is 573. The largest absolute Gasteiger partial charge is 0.497 e. The highest BCUT2D eigenvalue weighted by Gasteiger charge is 2.11. The summed E-state index contributed by atoms with van der Waals surface area (Å²) in [5, 5.41) is 0. The molecule has 0 radical (unpaired) electrons. The third kappa shape index (κ3) is 2.21. The summed E-state index contributed by atoms with van der Waals surface area (Å²) in [6.45, 7) is 2.70. The Balaban J connectivity index is 2.60. The minimum absolute atomic E-state index is 0.188. The number of imidazole rings is 1. The summed E-state index contributed by atoms with van der Waals surface area (Å²) in [4.78, 5) is 3.18. The van der Waals surface area contributed by atoms with Crippen LogP contribution in [0.4, 0.5) is 0 Å². The van der Waals surface area contributed by atoms with Crippen molar-refractivity contribution in [3.63, 3.8) is 0 Å². The molecule has 1 N–H and O–H groups in total. The topological polar surface area (TPSA) is 39.2 Å². The summed E-state index contributed by atoms with van der Waals surface area (Å²) >= 11 is 5.33. The van der Waals surface area contributed by atoms with Crippen molar-refractivity contribution in [2.75, 3.05) is 20.8 Å². The molecule has 0 saturated heterocycles. The van der Waals surface area contributed by atoms with Gasteiger partial charge in [-0.3, -0.25) is 0 Å². The maximum Gasteiger partial charge on any atom is 0.178 e. The molecule has 1 unspecified atom stereocenters. The van der Waals surface area contributed by atoms with Crippen molar-refractivity contribution in [3.05, 3.63) is 23.0 Å². The lowest BCUT2D eigenvalue weighted by atomic mass is 10.2. The number of benzene rings is 1. The molecule has 0 aliphatic heterocycles. The number of aromatic amines is 1. The van der Waals surface area contributed by atoms with Crippen LogP contribution in [0.5, 0.6) is 5.75 Å². The Kier molecular flexibility index (Phi) is 3.49. The standard InChI is InChI=1S/C12H16N2O2S/c1-8(7-15-2)14-11-6-9(16-3)4-5-10(11)13-12(14)17/h4-6,8H,7H2,1-3H3,(H,13,17). The first-order valence-corrected chi connectivity index (χ1v) is 5.85. The van der Waals surface area contributed by atoms with Crippen LogP contribution >= 0.6 is 12.2 Å². The van der Waals surface area contributed by atoms with Crippen LogP contribution in [0.15, 0.2) is 18.2 Å². The van der Waals surface area contributed by atoms with Crippen molar-refractivity contribution in [3.8, 4) is 5.75 Å².